The molecule has 272 valence electrons. The molecule has 2 aromatic rings. The second kappa shape index (κ2) is 14.0. The van der Waals surface area contributed by atoms with Gasteiger partial charge in [-0.25, -0.2) is 14.5 Å². The molecular weight excluding hydrogens is 666 g/mol. The Morgan fingerprint density at radius 3 is 2.40 bits per heavy atom. The zero-order valence-electron chi connectivity index (χ0n) is 29.0. The number of nitrogens with zero attached hydrogens (tertiary/aromatic N) is 2. The van der Waals surface area contributed by atoms with E-state index in [0.29, 0.717) is 25.1 Å². The van der Waals surface area contributed by atoms with Crippen molar-refractivity contribution in [1.29, 1.82) is 0 Å². The lowest BCUT2D eigenvalue weighted by atomic mass is 9.85. The number of nitrogens with one attached hydrogen (secondary N) is 3. The molecule has 15 heteroatoms. The number of amides is 4. The van der Waals surface area contributed by atoms with Crippen LogP contribution in [0.15, 0.2) is 36.5 Å². The summed E-state index contributed by atoms with van der Waals surface area (Å²) in [5.74, 6) is -2.01. The predicted molar refractivity (Wildman–Crippen MR) is 182 cm³/mol. The Morgan fingerprint density at radius 2 is 1.74 bits per heavy atom. The van der Waals surface area contributed by atoms with Crippen LogP contribution in [0.3, 0.4) is 0 Å². The molecule has 2 heterocycles. The summed E-state index contributed by atoms with van der Waals surface area (Å²) in [6.45, 7) is 7.27. The summed E-state index contributed by atoms with van der Waals surface area (Å²) in [5.41, 5.74) is -2.27. The second-order valence-corrected chi connectivity index (χ2v) is 16.3. The van der Waals surface area contributed by atoms with Crippen molar-refractivity contribution in [2.75, 3.05) is 6.54 Å². The standard InChI is InChI=1S/C35H47N5O9S/c1-5-22-19-35(22,32(43)39-50(45,46)49-24-14-15-24)38-29(41)27-18-25(47-30-26-13-9-6-10-21(26)16-17-36-30)20-40(27)31(42)28(34(2,3)4)37-33(44)48-23-11-7-8-12-23/h6,9-10,13,16-17,22-25,27-28H,5,7-8,11-12,14-15,18-20H2,1-4H3,(H,37,44)(H,38,41)(H,39,43)/t22?,25-,27+,28-,35-/m1/s1. The van der Waals surface area contributed by atoms with Crippen molar-refractivity contribution in [3.05, 3.63) is 36.5 Å². The first-order valence-electron chi connectivity index (χ1n) is 17.5. The monoisotopic (exact) mass is 713 g/mol. The van der Waals surface area contributed by atoms with Gasteiger partial charge in [-0.3, -0.25) is 18.6 Å². The fourth-order valence-electron chi connectivity index (χ4n) is 7.03. The van der Waals surface area contributed by atoms with Crippen LogP contribution in [-0.4, -0.2) is 84.6 Å². The summed E-state index contributed by atoms with van der Waals surface area (Å²) < 4.78 is 44.0. The van der Waals surface area contributed by atoms with Crippen molar-refractivity contribution in [3.8, 4) is 5.88 Å². The van der Waals surface area contributed by atoms with Gasteiger partial charge in [0.15, 0.2) is 0 Å². The molecule has 1 saturated heterocycles. The first-order chi connectivity index (χ1) is 23.7. The van der Waals surface area contributed by atoms with Gasteiger partial charge < -0.3 is 25.0 Å². The lowest BCUT2D eigenvalue weighted by Gasteiger charge is -2.35. The van der Waals surface area contributed by atoms with Crippen LogP contribution in [0, 0.1) is 11.3 Å². The Morgan fingerprint density at radius 1 is 1.02 bits per heavy atom. The van der Waals surface area contributed by atoms with Crippen LogP contribution in [0.4, 0.5) is 4.79 Å². The van der Waals surface area contributed by atoms with E-state index >= 15 is 0 Å². The minimum absolute atomic E-state index is 0.00619. The molecule has 4 aliphatic rings. The van der Waals surface area contributed by atoms with Gasteiger partial charge >= 0.3 is 16.4 Å². The number of carbonyl (C=O) groups excluding carboxylic acids is 4. The van der Waals surface area contributed by atoms with E-state index in [-0.39, 0.29) is 31.4 Å². The maximum Gasteiger partial charge on any atom is 0.408 e. The van der Waals surface area contributed by atoms with Gasteiger partial charge in [-0.1, -0.05) is 52.3 Å². The van der Waals surface area contributed by atoms with Gasteiger partial charge in [0.25, 0.3) is 5.91 Å². The topological polar surface area (TPSA) is 182 Å². The highest BCUT2D eigenvalue weighted by atomic mass is 32.2. The first-order valence-corrected chi connectivity index (χ1v) is 19.0. The number of ether oxygens (including phenoxy) is 2. The number of carbonyl (C=O) groups is 4. The molecule has 1 aromatic carbocycles. The number of rotatable bonds is 12. The molecule has 5 atom stereocenters. The number of pyridine rings is 1. The van der Waals surface area contributed by atoms with E-state index in [1.165, 1.54) is 4.90 Å². The van der Waals surface area contributed by atoms with Gasteiger partial charge in [-0.05, 0) is 73.8 Å². The predicted octanol–water partition coefficient (Wildman–Crippen LogP) is 3.49. The van der Waals surface area contributed by atoms with Gasteiger partial charge in [0.1, 0.15) is 29.8 Å². The zero-order chi connectivity index (χ0) is 35.8. The summed E-state index contributed by atoms with van der Waals surface area (Å²) in [5, 5.41) is 7.26. The molecule has 4 fully saturated rings. The summed E-state index contributed by atoms with van der Waals surface area (Å²) in [7, 11) is -4.38. The van der Waals surface area contributed by atoms with E-state index in [0.717, 1.165) is 36.5 Å². The molecule has 0 bridgehead atoms. The Labute approximate surface area is 292 Å². The largest absolute Gasteiger partial charge is 0.472 e. The van der Waals surface area contributed by atoms with E-state index < -0.39 is 69.4 Å². The Hall–Kier alpha value is -3.98. The van der Waals surface area contributed by atoms with E-state index in [1.807, 2.05) is 62.7 Å². The molecule has 1 aromatic heterocycles. The van der Waals surface area contributed by atoms with Crippen molar-refractivity contribution in [3.63, 3.8) is 0 Å². The summed E-state index contributed by atoms with van der Waals surface area (Å²) in [6.07, 6.45) is 4.99. The molecule has 0 radical (unpaired) electrons. The zero-order valence-corrected chi connectivity index (χ0v) is 29.8. The number of alkyl carbamates (subject to hydrolysis) is 1. The number of fused-ring (bicyclic) bond motifs is 1. The minimum atomic E-state index is -4.38. The molecule has 0 spiro atoms. The van der Waals surface area contributed by atoms with Gasteiger partial charge in [-0.2, -0.15) is 8.42 Å². The van der Waals surface area contributed by atoms with E-state index in [9.17, 15) is 27.6 Å². The van der Waals surface area contributed by atoms with Gasteiger partial charge in [0, 0.05) is 18.0 Å². The minimum Gasteiger partial charge on any atom is -0.472 e. The number of likely N-dealkylation sites (tertiary alicyclic amines) is 1. The smallest absolute Gasteiger partial charge is 0.408 e. The van der Waals surface area contributed by atoms with Crippen LogP contribution in [0.1, 0.15) is 85.5 Å². The Kier molecular flexibility index (Phi) is 10.0. The van der Waals surface area contributed by atoms with Crippen LogP contribution in [0.2, 0.25) is 0 Å². The summed E-state index contributed by atoms with van der Waals surface area (Å²) >= 11 is 0. The van der Waals surface area contributed by atoms with Crippen molar-refractivity contribution < 1.29 is 41.3 Å². The van der Waals surface area contributed by atoms with Crippen molar-refractivity contribution in [2.45, 2.75) is 121 Å². The fraction of sp³-hybridized carbons (Fsp3) is 0.629. The highest BCUT2D eigenvalue weighted by Gasteiger charge is 2.62. The molecule has 1 unspecified atom stereocenters. The Bertz CT molecular complexity index is 1730. The molecule has 3 N–H and O–H groups in total. The lowest BCUT2D eigenvalue weighted by Crippen LogP contribution is -2.60. The molecule has 4 amide bonds. The average Bonchev–Trinajstić information content (AvgIpc) is 3.89. The summed E-state index contributed by atoms with van der Waals surface area (Å²) in [4.78, 5) is 60.9. The maximum atomic E-state index is 14.5. The third-order valence-electron chi connectivity index (χ3n) is 10.1. The SMILES string of the molecule is CCC1C[C@]1(NC(=O)[C@@H]1C[C@@H](Oc2nccc3ccccc23)CN1C(=O)[C@@H](NC(=O)OC1CCCC1)C(C)(C)C)C(=O)NS(=O)(=O)OC1CC1. The van der Waals surface area contributed by atoms with Crippen LogP contribution >= 0.6 is 0 Å². The number of hydrogen-bond acceptors (Lipinski definition) is 10. The van der Waals surface area contributed by atoms with Crippen LogP contribution < -0.4 is 20.1 Å². The van der Waals surface area contributed by atoms with Crippen molar-refractivity contribution in [1.82, 2.24) is 25.2 Å². The van der Waals surface area contributed by atoms with Crippen LogP contribution in [0.25, 0.3) is 10.8 Å². The maximum absolute atomic E-state index is 14.5. The number of hydrogen-bond donors (Lipinski definition) is 3. The Balaban J connectivity index is 1.25. The highest BCUT2D eigenvalue weighted by Crippen LogP contribution is 2.46. The molecule has 1 aliphatic heterocycles. The first kappa shape index (κ1) is 35.8. The quantitative estimate of drug-likeness (QED) is 0.295. The van der Waals surface area contributed by atoms with E-state index in [2.05, 4.69) is 15.6 Å². The molecule has 14 nitrogen and oxygen atoms in total. The normalized spacial score (nSPS) is 25.9. The van der Waals surface area contributed by atoms with Crippen LogP contribution in [-0.2, 0) is 33.6 Å². The second-order valence-electron chi connectivity index (χ2n) is 15.0. The van der Waals surface area contributed by atoms with Crippen molar-refractivity contribution in [2.24, 2.45) is 11.3 Å². The molecular formula is C35H47N5O9S. The lowest BCUT2D eigenvalue weighted by molar-refractivity contribution is -0.143. The average molecular weight is 714 g/mol. The third kappa shape index (κ3) is 7.98. The van der Waals surface area contributed by atoms with E-state index in [4.69, 9.17) is 13.7 Å². The molecule has 3 aliphatic carbocycles. The number of aromatic nitrogens is 1. The third-order valence-corrected chi connectivity index (χ3v) is 11.0. The molecule has 6 rings (SSSR count). The highest BCUT2D eigenvalue weighted by molar-refractivity contribution is 7.85. The summed E-state index contributed by atoms with van der Waals surface area (Å²) in [6, 6.07) is 7.24. The molecule has 3 saturated carbocycles. The fourth-order valence-corrected chi connectivity index (χ4v) is 8.04. The molecule has 50 heavy (non-hydrogen) atoms. The van der Waals surface area contributed by atoms with Crippen LogP contribution in [0.5, 0.6) is 5.88 Å². The van der Waals surface area contributed by atoms with Crippen molar-refractivity contribution >= 4 is 44.9 Å². The number of benzene rings is 1. The van der Waals surface area contributed by atoms with Gasteiger partial charge in [0.05, 0.1) is 12.6 Å². The van der Waals surface area contributed by atoms with E-state index in [1.54, 1.807) is 6.20 Å². The van der Waals surface area contributed by atoms with Gasteiger partial charge in [-0.15, -0.1) is 0 Å². The van der Waals surface area contributed by atoms with Gasteiger partial charge in [0.2, 0.25) is 17.7 Å².